The Balaban J connectivity index is 1.77. The number of hydrogen-bond acceptors (Lipinski definition) is 8. The van der Waals surface area contributed by atoms with Gasteiger partial charge in [-0.05, 0) is 79.0 Å². The molecular weight excluding hydrogens is 579 g/mol. The van der Waals surface area contributed by atoms with Gasteiger partial charge in [-0.2, -0.15) is 4.31 Å². The summed E-state index contributed by atoms with van der Waals surface area (Å²) in [5, 5.41) is 12.5. The Morgan fingerprint density at radius 3 is 2.38 bits per heavy atom. The van der Waals surface area contributed by atoms with Gasteiger partial charge in [0.25, 0.3) is 0 Å². The number of aliphatic hydroxyl groups excluding tert-OH is 1. The number of nitrogens with zero attached hydrogens (tertiary/aromatic N) is 1. The summed E-state index contributed by atoms with van der Waals surface area (Å²) in [6.07, 6.45) is 1.83. The number of carbonyl (C=O) groups is 1. The van der Waals surface area contributed by atoms with Crippen LogP contribution in [0.3, 0.4) is 0 Å². The fourth-order valence-electron chi connectivity index (χ4n) is 5.12. The highest BCUT2D eigenvalue weighted by Crippen LogP contribution is 2.27. The molecule has 0 aromatic heterocycles. The van der Waals surface area contributed by atoms with Crippen molar-refractivity contribution in [2.24, 2.45) is 17.8 Å². The van der Waals surface area contributed by atoms with E-state index in [1.165, 1.54) is 11.4 Å². The summed E-state index contributed by atoms with van der Waals surface area (Å²) in [4.78, 5) is 13.4. The first kappa shape index (κ1) is 33.9. The minimum atomic E-state index is -3.78. The maximum absolute atomic E-state index is 13.6. The van der Waals surface area contributed by atoms with Crippen molar-refractivity contribution in [1.29, 1.82) is 0 Å². The smallest absolute Gasteiger partial charge is 0.243 e. The van der Waals surface area contributed by atoms with Gasteiger partial charge in [0.1, 0.15) is 11.5 Å². The molecule has 232 valence electrons. The number of rotatable bonds is 18. The molecule has 1 heterocycles. The van der Waals surface area contributed by atoms with Crippen LogP contribution in [0.1, 0.15) is 38.7 Å². The van der Waals surface area contributed by atoms with Gasteiger partial charge in [0.2, 0.25) is 15.9 Å². The van der Waals surface area contributed by atoms with E-state index in [0.29, 0.717) is 50.5 Å². The van der Waals surface area contributed by atoms with Crippen LogP contribution in [-0.2, 0) is 30.5 Å². The quantitative estimate of drug-likeness (QED) is 0.238. The van der Waals surface area contributed by atoms with E-state index in [2.05, 4.69) is 5.32 Å². The van der Waals surface area contributed by atoms with Crippen molar-refractivity contribution in [2.45, 2.75) is 50.5 Å². The molecule has 2 aromatic carbocycles. The standard InChI is InChI=1S/C30H43N2O8PS/c1-22(2)18-32(42(36,37)29-10-8-27(38-3)9-11-29)14-12-26(16-23-4-6-28(7-5-23)40-21-41-35)31-30(34)17-25-20-39-19-24(25)13-15-33/h4-11,22,24-26,33H,12-21H2,1-3H3,(H,31,34)/t24-,25+,26-/m1/s1. The Morgan fingerprint density at radius 1 is 1.10 bits per heavy atom. The molecule has 2 N–H and O–H groups in total. The van der Waals surface area contributed by atoms with Crippen molar-refractivity contribution in [2.75, 3.05) is 46.4 Å². The van der Waals surface area contributed by atoms with Gasteiger partial charge in [-0.25, -0.2) is 8.42 Å². The molecule has 42 heavy (non-hydrogen) atoms. The molecule has 0 spiro atoms. The van der Waals surface area contributed by atoms with E-state index in [0.717, 1.165) is 5.56 Å². The van der Waals surface area contributed by atoms with Crippen LogP contribution in [0.2, 0.25) is 0 Å². The molecule has 0 unspecified atom stereocenters. The molecule has 0 saturated carbocycles. The third kappa shape index (κ3) is 10.3. The minimum Gasteiger partial charge on any atom is -0.497 e. The summed E-state index contributed by atoms with van der Waals surface area (Å²) in [6.45, 7) is 5.57. The van der Waals surface area contributed by atoms with E-state index in [9.17, 15) is 22.9 Å². The maximum Gasteiger partial charge on any atom is 0.243 e. The van der Waals surface area contributed by atoms with Gasteiger partial charge in [0, 0.05) is 38.8 Å². The SMILES string of the molecule is COc1ccc(S(=O)(=O)N(CC[C@H](Cc2ccc(OCP=O)cc2)NC(=O)C[C@H]2COC[C@H]2CCO)CC(C)C)cc1. The molecule has 0 bridgehead atoms. The van der Waals surface area contributed by atoms with Crippen molar-refractivity contribution < 1.29 is 37.1 Å². The van der Waals surface area contributed by atoms with E-state index in [1.54, 1.807) is 36.4 Å². The van der Waals surface area contributed by atoms with E-state index >= 15 is 0 Å². The average Bonchev–Trinajstić information content (AvgIpc) is 3.40. The molecule has 1 aliphatic rings. The zero-order chi connectivity index (χ0) is 30.5. The van der Waals surface area contributed by atoms with Crippen LogP contribution in [0.4, 0.5) is 0 Å². The van der Waals surface area contributed by atoms with Crippen molar-refractivity contribution >= 4 is 24.4 Å². The first-order valence-electron chi connectivity index (χ1n) is 14.3. The summed E-state index contributed by atoms with van der Waals surface area (Å²) in [5.41, 5.74) is 0.947. The highest BCUT2D eigenvalue weighted by Gasteiger charge is 2.31. The molecule has 1 amide bonds. The average molecular weight is 623 g/mol. The molecule has 1 saturated heterocycles. The van der Waals surface area contributed by atoms with Crippen LogP contribution in [0.5, 0.6) is 11.5 Å². The Labute approximate surface area is 251 Å². The van der Waals surface area contributed by atoms with Gasteiger partial charge in [-0.1, -0.05) is 26.0 Å². The molecule has 3 rings (SSSR count). The van der Waals surface area contributed by atoms with Gasteiger partial charge in [0.15, 0.2) is 14.8 Å². The lowest BCUT2D eigenvalue weighted by Crippen LogP contribution is -2.42. The topological polar surface area (TPSA) is 131 Å². The highest BCUT2D eigenvalue weighted by atomic mass is 32.2. The number of hydrogen-bond donors (Lipinski definition) is 2. The Bertz CT molecular complexity index is 1220. The van der Waals surface area contributed by atoms with Crippen molar-refractivity contribution in [3.8, 4) is 11.5 Å². The monoisotopic (exact) mass is 622 g/mol. The summed E-state index contributed by atoms with van der Waals surface area (Å²) >= 11 is 0. The second kappa shape index (κ2) is 16.9. The fourth-order valence-corrected chi connectivity index (χ4v) is 6.94. The molecule has 1 aliphatic heterocycles. The number of sulfonamides is 1. The normalized spacial score (nSPS) is 18.0. The third-order valence-electron chi connectivity index (χ3n) is 7.33. The molecule has 10 nitrogen and oxygen atoms in total. The molecule has 12 heteroatoms. The zero-order valence-electron chi connectivity index (χ0n) is 24.6. The van der Waals surface area contributed by atoms with Crippen molar-refractivity contribution in [3.05, 3.63) is 54.1 Å². The van der Waals surface area contributed by atoms with Crippen LogP contribution in [0.25, 0.3) is 0 Å². The fraction of sp³-hybridized carbons (Fsp3) is 0.567. The second-order valence-electron chi connectivity index (χ2n) is 11.0. The van der Waals surface area contributed by atoms with E-state index < -0.39 is 10.0 Å². The van der Waals surface area contributed by atoms with Crippen LogP contribution in [0.15, 0.2) is 53.4 Å². The van der Waals surface area contributed by atoms with Crippen LogP contribution >= 0.6 is 8.46 Å². The summed E-state index contributed by atoms with van der Waals surface area (Å²) in [6, 6.07) is 13.4. The predicted molar refractivity (Wildman–Crippen MR) is 161 cm³/mol. The van der Waals surface area contributed by atoms with Crippen LogP contribution < -0.4 is 14.8 Å². The number of carbonyl (C=O) groups excluding carboxylic acids is 1. The maximum atomic E-state index is 13.6. The zero-order valence-corrected chi connectivity index (χ0v) is 26.3. The molecular formula is C30H43N2O8PS. The van der Waals surface area contributed by atoms with E-state index in [-0.39, 0.29) is 69.0 Å². The second-order valence-corrected chi connectivity index (χ2v) is 13.5. The largest absolute Gasteiger partial charge is 0.497 e. The lowest BCUT2D eigenvalue weighted by molar-refractivity contribution is -0.123. The van der Waals surface area contributed by atoms with Gasteiger partial charge in [-0.3, -0.25) is 9.36 Å². The minimum absolute atomic E-state index is 0.0300. The molecule has 2 aromatic rings. The Morgan fingerprint density at radius 2 is 1.76 bits per heavy atom. The van der Waals surface area contributed by atoms with E-state index in [4.69, 9.17) is 14.2 Å². The first-order chi connectivity index (χ1) is 20.2. The van der Waals surface area contributed by atoms with Gasteiger partial charge >= 0.3 is 0 Å². The van der Waals surface area contributed by atoms with Crippen LogP contribution in [-0.4, -0.2) is 76.1 Å². The number of methoxy groups -OCH3 is 1. The van der Waals surface area contributed by atoms with Crippen molar-refractivity contribution in [3.63, 3.8) is 0 Å². The highest BCUT2D eigenvalue weighted by molar-refractivity contribution is 7.89. The third-order valence-corrected chi connectivity index (χ3v) is 9.44. The lowest BCUT2D eigenvalue weighted by atomic mass is 9.90. The Hall–Kier alpha value is -2.56. The number of benzene rings is 2. The first-order valence-corrected chi connectivity index (χ1v) is 16.7. The summed E-state index contributed by atoms with van der Waals surface area (Å²) < 4.78 is 55.6. The summed E-state index contributed by atoms with van der Waals surface area (Å²) in [5.74, 6) is 1.30. The predicted octanol–water partition coefficient (Wildman–Crippen LogP) is 4.12. The van der Waals surface area contributed by atoms with Crippen molar-refractivity contribution in [1.82, 2.24) is 9.62 Å². The van der Waals surface area contributed by atoms with Gasteiger partial charge in [0.05, 0.1) is 18.6 Å². The van der Waals surface area contributed by atoms with E-state index in [1.807, 2.05) is 26.0 Å². The lowest BCUT2D eigenvalue weighted by Gasteiger charge is -2.27. The Kier molecular flexibility index (Phi) is 13.7. The number of ether oxygens (including phenoxy) is 3. The number of nitrogens with one attached hydrogen (secondary N) is 1. The van der Waals surface area contributed by atoms with Gasteiger partial charge in [-0.15, -0.1) is 0 Å². The summed E-state index contributed by atoms with van der Waals surface area (Å²) in [7, 11) is -2.35. The molecule has 0 radical (unpaired) electrons. The van der Waals surface area contributed by atoms with Crippen LogP contribution in [0, 0.1) is 17.8 Å². The molecule has 0 aliphatic carbocycles. The van der Waals surface area contributed by atoms with Gasteiger partial charge < -0.3 is 24.6 Å². The number of aliphatic hydroxyl groups is 1. The molecule has 1 fully saturated rings. The molecule has 3 atom stereocenters. The number of amides is 1.